The number of nitrogens with zero attached hydrogens (tertiary/aromatic N) is 1. The molecule has 20 heavy (non-hydrogen) atoms. The smallest absolute Gasteiger partial charge is 0.271 e. The molecule has 0 radical (unpaired) electrons. The molecule has 108 valence electrons. The van der Waals surface area contributed by atoms with Gasteiger partial charge in [-0.1, -0.05) is 22.0 Å². The van der Waals surface area contributed by atoms with Gasteiger partial charge in [-0.3, -0.25) is 5.84 Å². The first kappa shape index (κ1) is 15.4. The molecule has 1 heterocycles. The van der Waals surface area contributed by atoms with E-state index in [4.69, 9.17) is 5.84 Å². The highest BCUT2D eigenvalue weighted by molar-refractivity contribution is 9.10. The van der Waals surface area contributed by atoms with Crippen molar-refractivity contribution in [2.45, 2.75) is 19.1 Å². The second-order valence-electron chi connectivity index (χ2n) is 4.23. The third-order valence-corrected chi connectivity index (χ3v) is 4.18. The van der Waals surface area contributed by atoms with E-state index in [0.717, 1.165) is 15.6 Å². The Labute approximate surface area is 126 Å². The number of benzene rings is 1. The Balaban J connectivity index is 2.39. The van der Waals surface area contributed by atoms with E-state index in [-0.39, 0.29) is 0 Å². The normalized spacial score (nSPS) is 13.5. The molecule has 2 rings (SSSR count). The van der Waals surface area contributed by atoms with Crippen LogP contribution in [0, 0.1) is 6.92 Å². The number of hydrazine groups is 1. The van der Waals surface area contributed by atoms with Gasteiger partial charge in [-0.15, -0.1) is 11.3 Å². The minimum absolute atomic E-state index is 0.414. The summed E-state index contributed by atoms with van der Waals surface area (Å²) < 4.78 is 38.6. The van der Waals surface area contributed by atoms with Crippen LogP contribution in [0.25, 0.3) is 0 Å². The van der Waals surface area contributed by atoms with Crippen LogP contribution in [0.15, 0.2) is 28.9 Å². The Morgan fingerprint density at radius 2 is 2.05 bits per heavy atom. The lowest BCUT2D eigenvalue weighted by molar-refractivity contribution is -0.137. The molecular weight excluding hydrogens is 355 g/mol. The summed E-state index contributed by atoms with van der Waals surface area (Å²) in [6.45, 7) is 1.90. The van der Waals surface area contributed by atoms with E-state index in [9.17, 15) is 13.2 Å². The van der Waals surface area contributed by atoms with Crippen molar-refractivity contribution in [1.82, 2.24) is 10.4 Å². The van der Waals surface area contributed by atoms with Crippen LogP contribution in [0.1, 0.15) is 27.1 Å². The zero-order valence-corrected chi connectivity index (χ0v) is 12.7. The van der Waals surface area contributed by atoms with Crippen molar-refractivity contribution in [1.29, 1.82) is 0 Å². The Bertz CT molecular complexity index is 592. The summed E-state index contributed by atoms with van der Waals surface area (Å²) in [4.78, 5) is 3.83. The summed E-state index contributed by atoms with van der Waals surface area (Å²) >= 11 is 3.94. The zero-order chi connectivity index (χ0) is 14.9. The molecule has 1 aromatic heterocycles. The molecule has 0 aliphatic carbocycles. The average Bonchev–Trinajstić information content (AvgIpc) is 2.77. The van der Waals surface area contributed by atoms with Crippen LogP contribution in [0.2, 0.25) is 0 Å². The number of hydrogen-bond donors (Lipinski definition) is 2. The van der Waals surface area contributed by atoms with Crippen LogP contribution in [0.5, 0.6) is 0 Å². The Kier molecular flexibility index (Phi) is 4.48. The van der Waals surface area contributed by atoms with Crippen molar-refractivity contribution < 1.29 is 13.2 Å². The van der Waals surface area contributed by atoms with Crippen LogP contribution in [-0.4, -0.2) is 4.98 Å². The van der Waals surface area contributed by atoms with E-state index in [0.29, 0.717) is 16.2 Å². The second-order valence-corrected chi connectivity index (χ2v) is 6.21. The first-order chi connectivity index (χ1) is 9.31. The molecule has 0 aliphatic rings. The number of halogens is 4. The highest BCUT2D eigenvalue weighted by Crippen LogP contribution is 2.36. The molecule has 3 N–H and O–H groups in total. The van der Waals surface area contributed by atoms with Gasteiger partial charge in [-0.25, -0.2) is 10.4 Å². The van der Waals surface area contributed by atoms with Gasteiger partial charge in [0.05, 0.1) is 6.04 Å². The van der Waals surface area contributed by atoms with Crippen molar-refractivity contribution in [2.24, 2.45) is 5.84 Å². The molecular formula is C12H11BrF3N3S. The highest BCUT2D eigenvalue weighted by Gasteiger charge is 2.35. The lowest BCUT2D eigenvalue weighted by atomic mass is 10.0. The minimum Gasteiger partial charge on any atom is -0.271 e. The fourth-order valence-corrected chi connectivity index (χ4v) is 3.32. The Hall–Kier alpha value is -0.960. The third kappa shape index (κ3) is 3.38. The monoisotopic (exact) mass is 365 g/mol. The van der Waals surface area contributed by atoms with Crippen LogP contribution < -0.4 is 11.3 Å². The van der Waals surface area contributed by atoms with Crippen molar-refractivity contribution in [3.8, 4) is 0 Å². The van der Waals surface area contributed by atoms with Gasteiger partial charge in [0.1, 0.15) is 0 Å². The number of rotatable bonds is 3. The van der Waals surface area contributed by atoms with Gasteiger partial charge in [0, 0.05) is 15.5 Å². The van der Waals surface area contributed by atoms with E-state index in [2.05, 4.69) is 26.3 Å². The van der Waals surface area contributed by atoms with Crippen molar-refractivity contribution in [3.05, 3.63) is 49.9 Å². The second kappa shape index (κ2) is 5.80. The maximum Gasteiger partial charge on any atom is 0.443 e. The topological polar surface area (TPSA) is 50.9 Å². The van der Waals surface area contributed by atoms with Gasteiger partial charge < -0.3 is 0 Å². The van der Waals surface area contributed by atoms with E-state index >= 15 is 0 Å². The molecule has 0 saturated heterocycles. The zero-order valence-electron chi connectivity index (χ0n) is 10.3. The van der Waals surface area contributed by atoms with E-state index in [1.54, 1.807) is 0 Å². The Morgan fingerprint density at radius 3 is 2.55 bits per heavy atom. The number of alkyl halides is 3. The van der Waals surface area contributed by atoms with Crippen LogP contribution >= 0.6 is 27.3 Å². The molecule has 2 aromatic rings. The minimum atomic E-state index is -4.44. The van der Waals surface area contributed by atoms with E-state index in [1.807, 2.05) is 25.1 Å². The van der Waals surface area contributed by atoms with Crippen molar-refractivity contribution in [3.63, 3.8) is 0 Å². The SMILES string of the molecule is Cc1cc(Br)cc(C(NN)c2cnc(C(F)(F)F)s2)c1. The molecule has 1 unspecified atom stereocenters. The van der Waals surface area contributed by atoms with Crippen molar-refractivity contribution >= 4 is 27.3 Å². The fourth-order valence-electron chi connectivity index (χ4n) is 1.82. The predicted molar refractivity (Wildman–Crippen MR) is 75.2 cm³/mol. The number of nitrogens with two attached hydrogens (primary N) is 1. The molecule has 8 heteroatoms. The molecule has 0 fully saturated rings. The first-order valence-electron chi connectivity index (χ1n) is 5.57. The predicted octanol–water partition coefficient (Wildman–Crippen LogP) is 3.79. The quantitative estimate of drug-likeness (QED) is 0.642. The van der Waals surface area contributed by atoms with Gasteiger partial charge in [0.15, 0.2) is 5.01 Å². The molecule has 0 amide bonds. The molecule has 0 aliphatic heterocycles. The number of aryl methyl sites for hydroxylation is 1. The van der Waals surface area contributed by atoms with Gasteiger partial charge in [-0.05, 0) is 30.2 Å². The lowest BCUT2D eigenvalue weighted by Crippen LogP contribution is -2.28. The standard InChI is InChI=1S/C12H11BrF3N3S/c1-6-2-7(4-8(13)3-6)10(19-17)9-5-18-11(20-9)12(14,15)16/h2-5,10,19H,17H2,1H3. The number of thiazole rings is 1. The molecule has 0 spiro atoms. The molecule has 1 atom stereocenters. The third-order valence-electron chi connectivity index (χ3n) is 2.62. The summed E-state index contributed by atoms with van der Waals surface area (Å²) in [5, 5.41) is -0.875. The summed E-state index contributed by atoms with van der Waals surface area (Å²) in [6.07, 6.45) is -3.23. The first-order valence-corrected chi connectivity index (χ1v) is 7.18. The Morgan fingerprint density at radius 1 is 1.35 bits per heavy atom. The van der Waals surface area contributed by atoms with Crippen LogP contribution in [0.3, 0.4) is 0 Å². The van der Waals surface area contributed by atoms with E-state index in [1.165, 1.54) is 6.20 Å². The highest BCUT2D eigenvalue weighted by atomic mass is 79.9. The lowest BCUT2D eigenvalue weighted by Gasteiger charge is -2.15. The largest absolute Gasteiger partial charge is 0.443 e. The van der Waals surface area contributed by atoms with Crippen molar-refractivity contribution in [2.75, 3.05) is 0 Å². The number of hydrogen-bond acceptors (Lipinski definition) is 4. The van der Waals surface area contributed by atoms with Crippen LogP contribution in [-0.2, 0) is 6.18 Å². The maximum atomic E-state index is 12.6. The van der Waals surface area contributed by atoms with Gasteiger partial charge in [0.25, 0.3) is 0 Å². The average molecular weight is 366 g/mol. The van der Waals surface area contributed by atoms with Gasteiger partial charge >= 0.3 is 6.18 Å². The molecule has 3 nitrogen and oxygen atoms in total. The molecule has 1 aromatic carbocycles. The van der Waals surface area contributed by atoms with E-state index < -0.39 is 17.2 Å². The summed E-state index contributed by atoms with van der Waals surface area (Å²) in [6, 6.07) is 5.05. The fraction of sp³-hybridized carbons (Fsp3) is 0.250. The molecule has 0 saturated carbocycles. The van der Waals surface area contributed by atoms with Gasteiger partial charge in [-0.2, -0.15) is 13.2 Å². The van der Waals surface area contributed by atoms with Gasteiger partial charge in [0.2, 0.25) is 0 Å². The number of aromatic nitrogens is 1. The van der Waals surface area contributed by atoms with Crippen LogP contribution in [0.4, 0.5) is 13.2 Å². The number of nitrogens with one attached hydrogen (secondary N) is 1. The summed E-state index contributed by atoms with van der Waals surface area (Å²) in [5.41, 5.74) is 4.29. The maximum absolute atomic E-state index is 12.6. The molecule has 0 bridgehead atoms. The summed E-state index contributed by atoms with van der Waals surface area (Å²) in [5.74, 6) is 5.49. The summed E-state index contributed by atoms with van der Waals surface area (Å²) in [7, 11) is 0.